The summed E-state index contributed by atoms with van der Waals surface area (Å²) in [5.41, 5.74) is 1.32. The number of nitrogens with one attached hydrogen (secondary N) is 1. The van der Waals surface area contributed by atoms with Crippen molar-refractivity contribution in [2.75, 3.05) is 13.7 Å². The summed E-state index contributed by atoms with van der Waals surface area (Å²) < 4.78 is 44.2. The maximum atomic E-state index is 12.6. The highest BCUT2D eigenvalue weighted by atomic mass is 19.4. The molecule has 0 saturated heterocycles. The fourth-order valence-electron chi connectivity index (χ4n) is 2.44. The van der Waals surface area contributed by atoms with E-state index in [0.717, 1.165) is 27.6 Å². The number of carbonyl (C=O) groups is 1. The Kier molecular flexibility index (Phi) is 5.71. The van der Waals surface area contributed by atoms with Gasteiger partial charge < -0.3 is 10.1 Å². The van der Waals surface area contributed by atoms with Crippen LogP contribution in [0.3, 0.4) is 0 Å². The van der Waals surface area contributed by atoms with E-state index in [-0.39, 0.29) is 12.2 Å². The van der Waals surface area contributed by atoms with Crippen LogP contribution < -0.4 is 10.1 Å². The Labute approximate surface area is 143 Å². The van der Waals surface area contributed by atoms with Gasteiger partial charge in [0.1, 0.15) is 12.3 Å². The van der Waals surface area contributed by atoms with Gasteiger partial charge in [0.05, 0.1) is 7.11 Å². The molecule has 0 spiro atoms. The topological polar surface area (TPSA) is 56.1 Å². The number of rotatable bonds is 6. The number of aryl methyl sites for hydroxylation is 2. The summed E-state index contributed by atoms with van der Waals surface area (Å²) in [5, 5.41) is 6.13. The fraction of sp³-hybridized carbons (Fsp3) is 0.412. The van der Waals surface area contributed by atoms with E-state index < -0.39 is 17.8 Å². The Morgan fingerprint density at radius 2 is 2.00 bits per heavy atom. The molecule has 2 aromatic rings. The van der Waals surface area contributed by atoms with E-state index in [1.807, 2.05) is 25.1 Å². The lowest BCUT2D eigenvalue weighted by molar-refractivity contribution is -0.141. The minimum Gasteiger partial charge on any atom is -0.496 e. The summed E-state index contributed by atoms with van der Waals surface area (Å²) >= 11 is 0. The van der Waals surface area contributed by atoms with Crippen LogP contribution in [0.4, 0.5) is 13.2 Å². The lowest BCUT2D eigenvalue weighted by atomic mass is 10.1. The van der Waals surface area contributed by atoms with Crippen molar-refractivity contribution in [1.82, 2.24) is 15.1 Å². The molecule has 0 aliphatic carbocycles. The number of alkyl halides is 3. The third-order valence-corrected chi connectivity index (χ3v) is 3.72. The molecular weight excluding hydrogens is 335 g/mol. The first-order valence-electron chi connectivity index (χ1n) is 7.72. The summed E-state index contributed by atoms with van der Waals surface area (Å²) in [6.07, 6.45) is -3.96. The number of hydrogen-bond donors (Lipinski definition) is 1. The Morgan fingerprint density at radius 3 is 2.60 bits per heavy atom. The first kappa shape index (κ1) is 18.8. The molecule has 25 heavy (non-hydrogen) atoms. The fourth-order valence-corrected chi connectivity index (χ4v) is 2.44. The molecule has 5 nitrogen and oxygen atoms in total. The highest BCUT2D eigenvalue weighted by molar-refractivity contribution is 5.75. The van der Waals surface area contributed by atoms with Crippen LogP contribution >= 0.6 is 0 Å². The van der Waals surface area contributed by atoms with Gasteiger partial charge in [-0.1, -0.05) is 17.7 Å². The van der Waals surface area contributed by atoms with E-state index in [1.165, 1.54) is 6.92 Å². The van der Waals surface area contributed by atoms with Crippen molar-refractivity contribution in [3.8, 4) is 5.75 Å². The lowest BCUT2D eigenvalue weighted by Crippen LogP contribution is -2.30. The molecule has 0 radical (unpaired) electrons. The van der Waals surface area contributed by atoms with Crippen LogP contribution in [0.15, 0.2) is 24.3 Å². The van der Waals surface area contributed by atoms with E-state index in [4.69, 9.17) is 4.74 Å². The lowest BCUT2D eigenvalue weighted by Gasteiger charge is -2.11. The molecular formula is C17H20F3N3O2. The second-order valence-corrected chi connectivity index (χ2v) is 5.74. The van der Waals surface area contributed by atoms with Gasteiger partial charge in [-0.3, -0.25) is 9.48 Å². The molecule has 2 rings (SSSR count). The number of amides is 1. The van der Waals surface area contributed by atoms with Crippen molar-refractivity contribution in [3.05, 3.63) is 46.8 Å². The van der Waals surface area contributed by atoms with Crippen LogP contribution in [0.1, 0.15) is 22.5 Å². The average Bonchev–Trinajstić information content (AvgIpc) is 2.89. The van der Waals surface area contributed by atoms with Gasteiger partial charge in [-0.2, -0.15) is 18.3 Å². The zero-order valence-corrected chi connectivity index (χ0v) is 14.3. The van der Waals surface area contributed by atoms with Crippen LogP contribution in [0.5, 0.6) is 5.75 Å². The second kappa shape index (κ2) is 7.58. The molecule has 0 fully saturated rings. The smallest absolute Gasteiger partial charge is 0.435 e. The maximum Gasteiger partial charge on any atom is 0.435 e. The van der Waals surface area contributed by atoms with Gasteiger partial charge in [0.15, 0.2) is 5.69 Å². The van der Waals surface area contributed by atoms with Crippen molar-refractivity contribution >= 4 is 5.91 Å². The number of hydrogen-bond acceptors (Lipinski definition) is 3. The second-order valence-electron chi connectivity index (χ2n) is 5.74. The minimum atomic E-state index is -4.52. The van der Waals surface area contributed by atoms with E-state index in [9.17, 15) is 18.0 Å². The van der Waals surface area contributed by atoms with Gasteiger partial charge in [0.25, 0.3) is 0 Å². The normalized spacial score (nSPS) is 11.4. The molecule has 0 bridgehead atoms. The quantitative estimate of drug-likeness (QED) is 0.867. The number of halogens is 3. The highest BCUT2D eigenvalue weighted by Gasteiger charge is 2.34. The third-order valence-electron chi connectivity index (χ3n) is 3.72. The third kappa shape index (κ3) is 4.98. The standard InChI is InChI=1S/C17H20F3N3O2/c1-11-4-5-14(25-3)13(8-11)6-7-21-16(24)10-23-12(2)9-15(22-23)17(18,19)20/h4-5,8-9H,6-7,10H2,1-3H3,(H,21,24). The van der Waals surface area contributed by atoms with Crippen molar-refractivity contribution in [1.29, 1.82) is 0 Å². The van der Waals surface area contributed by atoms with Gasteiger partial charge in [0.2, 0.25) is 5.91 Å². The summed E-state index contributed by atoms with van der Waals surface area (Å²) in [6, 6.07) is 6.68. The molecule has 0 unspecified atom stereocenters. The first-order chi connectivity index (χ1) is 11.7. The molecule has 0 atom stereocenters. The number of ether oxygens (including phenoxy) is 1. The Balaban J connectivity index is 1.92. The SMILES string of the molecule is COc1ccc(C)cc1CCNC(=O)Cn1nc(C(F)(F)F)cc1C. The summed E-state index contributed by atoms with van der Waals surface area (Å²) in [7, 11) is 1.57. The highest BCUT2D eigenvalue weighted by Crippen LogP contribution is 2.28. The predicted molar refractivity (Wildman–Crippen MR) is 86.4 cm³/mol. The molecule has 8 heteroatoms. The number of methoxy groups -OCH3 is 1. The van der Waals surface area contributed by atoms with Crippen LogP contribution in [-0.4, -0.2) is 29.3 Å². The number of benzene rings is 1. The maximum absolute atomic E-state index is 12.6. The van der Waals surface area contributed by atoms with Crippen molar-refractivity contribution in [2.45, 2.75) is 33.0 Å². The van der Waals surface area contributed by atoms with Crippen LogP contribution in [0.2, 0.25) is 0 Å². The summed E-state index contributed by atoms with van der Waals surface area (Å²) in [5.74, 6) is 0.337. The zero-order chi connectivity index (χ0) is 18.6. The van der Waals surface area contributed by atoms with Crippen molar-refractivity contribution < 1.29 is 22.7 Å². The van der Waals surface area contributed by atoms with Gasteiger partial charge in [-0.05, 0) is 38.0 Å². The monoisotopic (exact) mass is 355 g/mol. The van der Waals surface area contributed by atoms with Gasteiger partial charge in [-0.15, -0.1) is 0 Å². The Hall–Kier alpha value is -2.51. The summed E-state index contributed by atoms with van der Waals surface area (Å²) in [6.45, 7) is 3.53. The Morgan fingerprint density at radius 1 is 1.28 bits per heavy atom. The van der Waals surface area contributed by atoms with Gasteiger partial charge >= 0.3 is 6.18 Å². The molecule has 0 aliphatic heterocycles. The van der Waals surface area contributed by atoms with Crippen molar-refractivity contribution in [3.63, 3.8) is 0 Å². The average molecular weight is 355 g/mol. The van der Waals surface area contributed by atoms with E-state index >= 15 is 0 Å². The van der Waals surface area contributed by atoms with Gasteiger partial charge in [0, 0.05) is 12.2 Å². The van der Waals surface area contributed by atoms with Gasteiger partial charge in [-0.25, -0.2) is 0 Å². The molecule has 0 saturated carbocycles. The van der Waals surface area contributed by atoms with E-state index in [1.54, 1.807) is 7.11 Å². The molecule has 136 valence electrons. The molecule has 1 aromatic heterocycles. The number of nitrogens with zero attached hydrogens (tertiary/aromatic N) is 2. The van der Waals surface area contributed by atoms with Crippen LogP contribution in [0.25, 0.3) is 0 Å². The predicted octanol–water partition coefficient (Wildman–Crippen LogP) is 2.89. The number of carbonyl (C=O) groups excluding carboxylic acids is 1. The van der Waals surface area contributed by atoms with E-state index in [0.29, 0.717) is 13.0 Å². The minimum absolute atomic E-state index is 0.257. The number of aromatic nitrogens is 2. The molecule has 1 aromatic carbocycles. The zero-order valence-electron chi connectivity index (χ0n) is 14.3. The molecule has 1 heterocycles. The summed E-state index contributed by atoms with van der Waals surface area (Å²) in [4.78, 5) is 12.0. The largest absolute Gasteiger partial charge is 0.496 e. The first-order valence-corrected chi connectivity index (χ1v) is 7.72. The Bertz CT molecular complexity index is 754. The van der Waals surface area contributed by atoms with Crippen LogP contribution in [-0.2, 0) is 23.9 Å². The molecule has 1 N–H and O–H groups in total. The molecule has 1 amide bonds. The molecule has 0 aliphatic rings. The van der Waals surface area contributed by atoms with Crippen molar-refractivity contribution in [2.24, 2.45) is 0 Å². The van der Waals surface area contributed by atoms with Crippen LogP contribution in [0, 0.1) is 13.8 Å². The van der Waals surface area contributed by atoms with E-state index in [2.05, 4.69) is 10.4 Å².